The van der Waals surface area contributed by atoms with E-state index < -0.39 is 23.1 Å². The number of aliphatic carboxylic acids is 1. The van der Waals surface area contributed by atoms with Crippen LogP contribution in [0.4, 0.5) is 4.79 Å². The van der Waals surface area contributed by atoms with Crippen LogP contribution in [0.15, 0.2) is 30.3 Å². The van der Waals surface area contributed by atoms with Crippen LogP contribution in [0.25, 0.3) is 0 Å². The van der Waals surface area contributed by atoms with Gasteiger partial charge in [0.2, 0.25) is 0 Å². The van der Waals surface area contributed by atoms with E-state index in [0.29, 0.717) is 19.4 Å². The van der Waals surface area contributed by atoms with E-state index in [2.05, 4.69) is 0 Å². The van der Waals surface area contributed by atoms with Gasteiger partial charge in [-0.15, -0.1) is 0 Å². The predicted molar refractivity (Wildman–Crippen MR) is 85.2 cm³/mol. The first-order chi connectivity index (χ1) is 10.7. The van der Waals surface area contributed by atoms with E-state index in [1.807, 2.05) is 51.1 Å². The van der Waals surface area contributed by atoms with Crippen molar-refractivity contribution in [2.75, 3.05) is 13.1 Å². The smallest absolute Gasteiger partial charge is 0.410 e. The molecule has 23 heavy (non-hydrogen) atoms. The van der Waals surface area contributed by atoms with Crippen LogP contribution in [0, 0.1) is 5.41 Å². The standard InChI is InChI=1S/C18H23NO4/c1-16(2,3)23-15(22)19-11-17(13-7-5-4-6-8-13)9-18(10-17,12-19)14(20)21/h4-8H,9-12H2,1-3H3,(H,20,21). The minimum atomic E-state index is -0.842. The number of benzene rings is 1. The molecule has 1 saturated carbocycles. The summed E-state index contributed by atoms with van der Waals surface area (Å²) < 4.78 is 5.45. The topological polar surface area (TPSA) is 66.8 Å². The van der Waals surface area contributed by atoms with Crippen molar-refractivity contribution in [3.63, 3.8) is 0 Å². The summed E-state index contributed by atoms with van der Waals surface area (Å²) in [4.78, 5) is 25.8. The molecular formula is C18H23NO4. The number of nitrogens with zero attached hydrogens (tertiary/aromatic N) is 1. The quantitative estimate of drug-likeness (QED) is 0.910. The van der Waals surface area contributed by atoms with Crippen molar-refractivity contribution >= 4 is 12.1 Å². The largest absolute Gasteiger partial charge is 0.481 e. The summed E-state index contributed by atoms with van der Waals surface area (Å²) in [6, 6.07) is 9.89. The zero-order valence-corrected chi connectivity index (χ0v) is 13.8. The molecule has 3 fully saturated rings. The number of hydrogen-bond donors (Lipinski definition) is 1. The first-order valence-corrected chi connectivity index (χ1v) is 7.93. The second-order valence-electron chi connectivity index (χ2n) is 7.92. The monoisotopic (exact) mass is 317 g/mol. The number of fused-ring (bicyclic) bond motifs is 2. The van der Waals surface area contributed by atoms with Crippen molar-refractivity contribution in [1.82, 2.24) is 4.90 Å². The third-order valence-electron chi connectivity index (χ3n) is 4.83. The molecule has 0 atom stereocenters. The van der Waals surface area contributed by atoms with Gasteiger partial charge in [0.25, 0.3) is 0 Å². The number of piperidine rings is 2. The van der Waals surface area contributed by atoms with Gasteiger partial charge in [-0.3, -0.25) is 4.79 Å². The number of ether oxygens (including phenoxy) is 1. The van der Waals surface area contributed by atoms with Gasteiger partial charge < -0.3 is 14.7 Å². The maximum Gasteiger partial charge on any atom is 0.410 e. The lowest BCUT2D eigenvalue weighted by molar-refractivity contribution is -0.171. The molecule has 124 valence electrons. The molecule has 0 spiro atoms. The summed E-state index contributed by atoms with van der Waals surface area (Å²) >= 11 is 0. The van der Waals surface area contributed by atoms with Gasteiger partial charge in [-0.2, -0.15) is 0 Å². The first kappa shape index (κ1) is 15.8. The molecule has 1 aromatic carbocycles. The van der Waals surface area contributed by atoms with E-state index in [1.54, 1.807) is 4.90 Å². The summed E-state index contributed by atoms with van der Waals surface area (Å²) in [5.74, 6) is -0.822. The zero-order valence-electron chi connectivity index (χ0n) is 13.8. The van der Waals surface area contributed by atoms with Gasteiger partial charge >= 0.3 is 12.1 Å². The van der Waals surface area contributed by atoms with Crippen molar-refractivity contribution in [2.45, 2.75) is 44.6 Å². The fourth-order valence-corrected chi connectivity index (χ4v) is 4.02. The predicted octanol–water partition coefficient (Wildman–Crippen LogP) is 3.04. The Hall–Kier alpha value is -2.04. The Morgan fingerprint density at radius 3 is 2.26 bits per heavy atom. The van der Waals surface area contributed by atoms with Crippen LogP contribution in [0.1, 0.15) is 39.2 Å². The number of amides is 1. The van der Waals surface area contributed by atoms with E-state index in [9.17, 15) is 14.7 Å². The van der Waals surface area contributed by atoms with E-state index >= 15 is 0 Å². The summed E-state index contributed by atoms with van der Waals surface area (Å²) in [7, 11) is 0. The Kier molecular flexibility index (Phi) is 3.43. The third-order valence-corrected chi connectivity index (χ3v) is 4.83. The molecule has 1 amide bonds. The van der Waals surface area contributed by atoms with Crippen molar-refractivity contribution in [3.05, 3.63) is 35.9 Å². The molecule has 1 aliphatic carbocycles. The van der Waals surface area contributed by atoms with Crippen molar-refractivity contribution in [1.29, 1.82) is 0 Å². The maximum atomic E-state index is 12.4. The molecule has 2 saturated heterocycles. The molecule has 5 nitrogen and oxygen atoms in total. The van der Waals surface area contributed by atoms with E-state index in [-0.39, 0.29) is 12.0 Å². The molecule has 0 aromatic heterocycles. The van der Waals surface area contributed by atoms with Gasteiger partial charge in [0.05, 0.1) is 5.41 Å². The van der Waals surface area contributed by atoms with E-state index in [4.69, 9.17) is 4.74 Å². The van der Waals surface area contributed by atoms with Crippen LogP contribution in [-0.2, 0) is 14.9 Å². The van der Waals surface area contributed by atoms with Gasteiger partial charge in [0.1, 0.15) is 5.60 Å². The Morgan fingerprint density at radius 2 is 1.74 bits per heavy atom. The molecule has 5 heteroatoms. The Labute approximate surface area is 136 Å². The van der Waals surface area contributed by atoms with Gasteiger partial charge in [0, 0.05) is 18.5 Å². The van der Waals surface area contributed by atoms with Crippen LogP contribution in [-0.4, -0.2) is 40.8 Å². The zero-order chi connectivity index (χ0) is 16.9. The molecule has 1 N–H and O–H groups in total. The third kappa shape index (κ3) is 2.69. The van der Waals surface area contributed by atoms with Gasteiger partial charge in [-0.1, -0.05) is 30.3 Å². The summed E-state index contributed by atoms with van der Waals surface area (Å²) in [6.07, 6.45) is 0.736. The number of rotatable bonds is 2. The summed E-state index contributed by atoms with van der Waals surface area (Å²) in [6.45, 7) is 6.19. The fraction of sp³-hybridized carbons (Fsp3) is 0.556. The lowest BCUT2D eigenvalue weighted by atomic mass is 9.47. The van der Waals surface area contributed by atoms with Crippen LogP contribution in [0.2, 0.25) is 0 Å². The Morgan fingerprint density at radius 1 is 1.13 bits per heavy atom. The van der Waals surface area contributed by atoms with E-state index in [0.717, 1.165) is 5.56 Å². The first-order valence-electron chi connectivity index (χ1n) is 7.93. The summed E-state index contributed by atoms with van der Waals surface area (Å²) in [5.41, 5.74) is -0.598. The maximum absolute atomic E-state index is 12.4. The molecule has 0 unspecified atom stereocenters. The van der Waals surface area contributed by atoms with Crippen molar-refractivity contribution in [3.8, 4) is 0 Å². The second kappa shape index (κ2) is 4.98. The highest BCUT2D eigenvalue weighted by molar-refractivity contribution is 5.80. The van der Waals surface area contributed by atoms with Crippen molar-refractivity contribution < 1.29 is 19.4 Å². The molecule has 1 aromatic rings. The SMILES string of the molecule is CC(C)(C)OC(=O)N1CC2(C(=O)O)CC(c3ccccc3)(C1)C2. The van der Waals surface area contributed by atoms with Crippen LogP contribution >= 0.6 is 0 Å². The minimum absolute atomic E-state index is 0.228. The average molecular weight is 317 g/mol. The van der Waals surface area contributed by atoms with Gasteiger partial charge in [-0.05, 0) is 39.2 Å². The molecule has 2 aliphatic heterocycles. The number of hydrogen-bond acceptors (Lipinski definition) is 3. The minimum Gasteiger partial charge on any atom is -0.481 e. The average Bonchev–Trinajstić information content (AvgIpc) is 2.45. The number of carbonyl (C=O) groups excluding carboxylic acids is 1. The molecule has 4 rings (SSSR count). The molecule has 3 aliphatic rings. The lowest BCUT2D eigenvalue weighted by Crippen LogP contribution is -2.69. The van der Waals surface area contributed by atoms with Gasteiger partial charge in [-0.25, -0.2) is 4.79 Å². The number of carboxylic acid groups (broad SMARTS) is 1. The van der Waals surface area contributed by atoms with Gasteiger partial charge in [0.15, 0.2) is 0 Å². The highest BCUT2D eigenvalue weighted by atomic mass is 16.6. The normalized spacial score (nSPS) is 29.6. The summed E-state index contributed by atoms with van der Waals surface area (Å²) in [5, 5.41) is 9.65. The highest BCUT2D eigenvalue weighted by Crippen LogP contribution is 2.60. The second-order valence-corrected chi connectivity index (χ2v) is 7.92. The lowest BCUT2D eigenvalue weighted by Gasteiger charge is -2.61. The number of carbonyl (C=O) groups is 2. The van der Waals surface area contributed by atoms with Crippen LogP contribution in [0.5, 0.6) is 0 Å². The fourth-order valence-electron chi connectivity index (χ4n) is 4.02. The van der Waals surface area contributed by atoms with Crippen LogP contribution < -0.4 is 0 Å². The van der Waals surface area contributed by atoms with Crippen molar-refractivity contribution in [2.24, 2.45) is 5.41 Å². The Balaban J connectivity index is 1.88. The molecular weight excluding hydrogens is 294 g/mol. The Bertz CT molecular complexity index is 626. The number of carboxylic acids is 1. The molecule has 0 radical (unpaired) electrons. The molecule has 2 heterocycles. The van der Waals surface area contributed by atoms with Crippen LogP contribution in [0.3, 0.4) is 0 Å². The molecule has 2 bridgehead atoms. The highest BCUT2D eigenvalue weighted by Gasteiger charge is 2.65. The van der Waals surface area contributed by atoms with E-state index in [1.165, 1.54) is 0 Å².